The van der Waals surface area contributed by atoms with Crippen LogP contribution in [-0.2, 0) is 5.41 Å². The number of rotatable bonds is 4. The van der Waals surface area contributed by atoms with Crippen LogP contribution in [0.25, 0.3) is 0 Å². The van der Waals surface area contributed by atoms with Crippen molar-refractivity contribution < 1.29 is 5.11 Å². The molecule has 0 radical (unpaired) electrons. The van der Waals surface area contributed by atoms with Crippen molar-refractivity contribution in [3.63, 3.8) is 0 Å². The third-order valence-corrected chi connectivity index (χ3v) is 7.62. The molecule has 0 atom stereocenters. The van der Waals surface area contributed by atoms with Gasteiger partial charge in [0, 0.05) is 17.3 Å². The number of hydrogen-bond donors (Lipinski definition) is 2. The van der Waals surface area contributed by atoms with E-state index in [1.165, 1.54) is 33.5 Å². The van der Waals surface area contributed by atoms with Crippen molar-refractivity contribution in [2.45, 2.75) is 77.2 Å². The zero-order chi connectivity index (χ0) is 23.3. The molecule has 2 aromatic carbocycles. The summed E-state index contributed by atoms with van der Waals surface area (Å²) in [6.07, 6.45) is 3.75. The molecule has 2 aromatic rings. The molecule has 2 fully saturated rings. The molecule has 0 saturated heterocycles. The zero-order valence-electron chi connectivity index (χ0n) is 20.5. The van der Waals surface area contributed by atoms with E-state index in [9.17, 15) is 5.11 Å². The molecular formula is C30H39NO. The third-order valence-electron chi connectivity index (χ3n) is 7.62. The summed E-state index contributed by atoms with van der Waals surface area (Å²) in [6, 6.07) is 15.4. The Balaban J connectivity index is 1.49. The van der Waals surface area contributed by atoms with E-state index in [-0.39, 0.29) is 5.41 Å². The minimum absolute atomic E-state index is 0.160. The SMILES string of the molecule is C=C1CC(c2cccc(Nc3ccc(C(C)(C)C)cc3)c2C)CC(=C)C1[C@H]1C[C@@](C)(O)C1. The van der Waals surface area contributed by atoms with Gasteiger partial charge in [0.25, 0.3) is 0 Å². The van der Waals surface area contributed by atoms with E-state index in [2.05, 4.69) is 88.6 Å². The molecule has 0 heterocycles. The number of hydrogen-bond acceptors (Lipinski definition) is 2. The molecule has 0 amide bonds. The second-order valence-corrected chi connectivity index (χ2v) is 11.5. The maximum Gasteiger partial charge on any atom is 0.0625 e. The Labute approximate surface area is 194 Å². The summed E-state index contributed by atoms with van der Waals surface area (Å²) in [5.41, 5.74) is 8.58. The fourth-order valence-electron chi connectivity index (χ4n) is 5.88. The molecule has 2 nitrogen and oxygen atoms in total. The summed E-state index contributed by atoms with van der Waals surface area (Å²) in [4.78, 5) is 0. The Morgan fingerprint density at radius 3 is 2.09 bits per heavy atom. The molecule has 0 spiro atoms. The molecule has 2 saturated carbocycles. The van der Waals surface area contributed by atoms with Crippen molar-refractivity contribution >= 4 is 11.4 Å². The van der Waals surface area contributed by atoms with Gasteiger partial charge in [0.15, 0.2) is 0 Å². The standard InChI is InChI=1S/C30H39NO/c1-19-15-22(16-20(2)28(19)23-17-30(7,32)18-23)26-9-8-10-27(21(26)3)31-25-13-11-24(12-14-25)29(4,5)6/h8-14,22-23,28,31-32H,1-2,15-18H2,3-7H3/t22?,23-,28?,30+. The maximum absolute atomic E-state index is 10.2. The van der Waals surface area contributed by atoms with E-state index < -0.39 is 5.60 Å². The highest BCUT2D eigenvalue weighted by molar-refractivity contribution is 5.65. The number of anilines is 2. The van der Waals surface area contributed by atoms with Gasteiger partial charge in [-0.15, -0.1) is 0 Å². The van der Waals surface area contributed by atoms with E-state index in [0.29, 0.717) is 17.8 Å². The average Bonchev–Trinajstić information content (AvgIpc) is 2.67. The molecule has 2 heteroatoms. The van der Waals surface area contributed by atoms with Gasteiger partial charge in [0.2, 0.25) is 0 Å². The Kier molecular flexibility index (Phi) is 5.88. The molecule has 0 unspecified atom stereocenters. The van der Waals surface area contributed by atoms with Crippen molar-refractivity contribution in [2.75, 3.05) is 5.32 Å². The zero-order valence-corrected chi connectivity index (χ0v) is 20.5. The lowest BCUT2D eigenvalue weighted by atomic mass is 9.59. The van der Waals surface area contributed by atoms with E-state index >= 15 is 0 Å². The Bertz CT molecular complexity index is 996. The van der Waals surface area contributed by atoms with Gasteiger partial charge in [-0.05, 0) is 91.7 Å². The van der Waals surface area contributed by atoms with Crippen LogP contribution in [0.15, 0.2) is 66.8 Å². The largest absolute Gasteiger partial charge is 0.390 e. The number of nitrogens with one attached hydrogen (secondary N) is 1. The van der Waals surface area contributed by atoms with Crippen molar-refractivity contribution in [2.24, 2.45) is 11.8 Å². The second kappa shape index (κ2) is 8.23. The molecule has 2 aliphatic carbocycles. The highest BCUT2D eigenvalue weighted by Crippen LogP contribution is 2.52. The highest BCUT2D eigenvalue weighted by atomic mass is 16.3. The molecule has 2 N–H and O–H groups in total. The first-order chi connectivity index (χ1) is 14.9. The van der Waals surface area contributed by atoms with Gasteiger partial charge in [-0.3, -0.25) is 0 Å². The normalized spacial score (nSPS) is 28.4. The molecule has 0 aromatic heterocycles. The number of benzene rings is 2. The van der Waals surface area contributed by atoms with Crippen LogP contribution >= 0.6 is 0 Å². The van der Waals surface area contributed by atoms with Crippen LogP contribution in [-0.4, -0.2) is 10.7 Å². The van der Waals surface area contributed by atoms with E-state index in [1.807, 2.05) is 6.92 Å². The van der Waals surface area contributed by atoms with Crippen LogP contribution in [0.1, 0.15) is 76.0 Å². The molecule has 0 aliphatic heterocycles. The summed E-state index contributed by atoms with van der Waals surface area (Å²) < 4.78 is 0. The maximum atomic E-state index is 10.2. The van der Waals surface area contributed by atoms with Crippen LogP contribution in [0, 0.1) is 18.8 Å². The molecule has 4 rings (SSSR count). The Hall–Kier alpha value is -2.32. The minimum atomic E-state index is -0.496. The van der Waals surface area contributed by atoms with Crippen LogP contribution in [0.2, 0.25) is 0 Å². The lowest BCUT2D eigenvalue weighted by Crippen LogP contribution is -2.45. The minimum Gasteiger partial charge on any atom is -0.390 e. The number of aliphatic hydroxyl groups is 1. The van der Waals surface area contributed by atoms with Crippen LogP contribution in [0.5, 0.6) is 0 Å². The second-order valence-electron chi connectivity index (χ2n) is 11.5. The Morgan fingerprint density at radius 1 is 0.969 bits per heavy atom. The smallest absolute Gasteiger partial charge is 0.0625 e. The van der Waals surface area contributed by atoms with Crippen molar-refractivity contribution in [1.82, 2.24) is 0 Å². The van der Waals surface area contributed by atoms with E-state index in [4.69, 9.17) is 0 Å². The van der Waals surface area contributed by atoms with Gasteiger partial charge in [0.05, 0.1) is 5.60 Å². The summed E-state index contributed by atoms with van der Waals surface area (Å²) >= 11 is 0. The number of allylic oxidation sites excluding steroid dienone is 2. The van der Waals surface area contributed by atoms with Gasteiger partial charge in [-0.2, -0.15) is 0 Å². The first-order valence-electron chi connectivity index (χ1n) is 12.0. The lowest BCUT2D eigenvalue weighted by molar-refractivity contribution is -0.0683. The fourth-order valence-corrected chi connectivity index (χ4v) is 5.88. The van der Waals surface area contributed by atoms with E-state index in [1.54, 1.807) is 0 Å². The molecule has 170 valence electrons. The van der Waals surface area contributed by atoms with Crippen LogP contribution < -0.4 is 5.32 Å². The summed E-state index contributed by atoms with van der Waals surface area (Å²) in [6.45, 7) is 19.8. The Morgan fingerprint density at radius 2 is 1.56 bits per heavy atom. The van der Waals surface area contributed by atoms with Gasteiger partial charge >= 0.3 is 0 Å². The predicted octanol–water partition coefficient (Wildman–Crippen LogP) is 7.80. The van der Waals surface area contributed by atoms with Gasteiger partial charge in [-0.25, -0.2) is 0 Å². The predicted molar refractivity (Wildman–Crippen MR) is 137 cm³/mol. The summed E-state index contributed by atoms with van der Waals surface area (Å²) in [5, 5.41) is 13.8. The fraction of sp³-hybridized carbons (Fsp3) is 0.467. The van der Waals surface area contributed by atoms with Crippen molar-refractivity contribution in [3.05, 3.63) is 83.5 Å². The highest BCUT2D eigenvalue weighted by Gasteiger charge is 2.45. The first-order valence-corrected chi connectivity index (χ1v) is 12.0. The quantitative estimate of drug-likeness (QED) is 0.486. The average molecular weight is 430 g/mol. The molecule has 2 aliphatic rings. The topological polar surface area (TPSA) is 32.3 Å². The summed E-state index contributed by atoms with van der Waals surface area (Å²) in [5.74, 6) is 1.31. The van der Waals surface area contributed by atoms with Crippen LogP contribution in [0.4, 0.5) is 11.4 Å². The monoisotopic (exact) mass is 429 g/mol. The third kappa shape index (κ3) is 4.57. The van der Waals surface area contributed by atoms with Gasteiger partial charge in [0.1, 0.15) is 0 Å². The molecule has 32 heavy (non-hydrogen) atoms. The van der Waals surface area contributed by atoms with Crippen LogP contribution in [0.3, 0.4) is 0 Å². The van der Waals surface area contributed by atoms with Crippen molar-refractivity contribution in [1.29, 1.82) is 0 Å². The van der Waals surface area contributed by atoms with Gasteiger partial charge < -0.3 is 10.4 Å². The molecular weight excluding hydrogens is 390 g/mol. The first kappa shape index (κ1) is 22.9. The van der Waals surface area contributed by atoms with Crippen molar-refractivity contribution in [3.8, 4) is 0 Å². The molecule has 0 bridgehead atoms. The summed E-state index contributed by atoms with van der Waals surface area (Å²) in [7, 11) is 0. The lowest BCUT2D eigenvalue weighted by Gasteiger charge is -2.48. The van der Waals surface area contributed by atoms with Gasteiger partial charge in [-0.1, -0.05) is 69.3 Å². The van der Waals surface area contributed by atoms with E-state index in [0.717, 1.165) is 31.4 Å².